The molecular weight excluding hydrogens is 444 g/mol. The van der Waals surface area contributed by atoms with Gasteiger partial charge in [-0.25, -0.2) is 0 Å². The molecule has 0 radical (unpaired) electrons. The molecule has 0 spiro atoms. The van der Waals surface area contributed by atoms with Gasteiger partial charge in [-0.05, 0) is 52.0 Å². The first-order valence-corrected chi connectivity index (χ1v) is 12.1. The molecule has 5 rings (SSSR count). The molecule has 2 N–H and O–H groups in total. The monoisotopic (exact) mass is 468 g/mol. The average molecular weight is 469 g/mol. The van der Waals surface area contributed by atoms with Crippen molar-refractivity contribution in [3.05, 3.63) is 106 Å². The summed E-state index contributed by atoms with van der Waals surface area (Å²) in [6.07, 6.45) is -0.0789. The van der Waals surface area contributed by atoms with Crippen LogP contribution in [0.4, 0.5) is 0 Å². The van der Waals surface area contributed by atoms with E-state index in [-0.39, 0.29) is 24.5 Å². The van der Waals surface area contributed by atoms with Crippen molar-refractivity contribution in [2.24, 2.45) is 0 Å². The molecule has 0 unspecified atom stereocenters. The standard InChI is InChI=1S/C29H24O4S/c1-2-33-26(32)18-29(25-12-7-17-34-25,27-21-10-5-3-8-19(21)13-15-23(27)30)28-22-11-6-4-9-20(22)14-16-24(28)31/h3-17,30-31H,2,18H2,1H3. The fourth-order valence-electron chi connectivity index (χ4n) is 5.00. The van der Waals surface area contributed by atoms with E-state index < -0.39 is 11.4 Å². The molecule has 0 atom stereocenters. The lowest BCUT2D eigenvalue weighted by molar-refractivity contribution is -0.143. The van der Waals surface area contributed by atoms with Crippen molar-refractivity contribution >= 4 is 38.9 Å². The summed E-state index contributed by atoms with van der Waals surface area (Å²) in [5.41, 5.74) is -0.0310. The van der Waals surface area contributed by atoms with Gasteiger partial charge in [0.25, 0.3) is 0 Å². The van der Waals surface area contributed by atoms with Crippen LogP contribution in [0, 0.1) is 0 Å². The van der Waals surface area contributed by atoms with Crippen molar-refractivity contribution in [2.75, 3.05) is 6.61 Å². The Balaban J connectivity index is 2.00. The smallest absolute Gasteiger partial charge is 0.307 e. The number of phenolic OH excluding ortho intramolecular Hbond substituents is 2. The summed E-state index contributed by atoms with van der Waals surface area (Å²) in [4.78, 5) is 14.0. The highest BCUT2D eigenvalue weighted by molar-refractivity contribution is 7.10. The SMILES string of the molecule is CCOC(=O)CC(c1cccs1)(c1c(O)ccc2ccccc12)c1c(O)ccc2ccccc12. The largest absolute Gasteiger partial charge is 0.508 e. The van der Waals surface area contributed by atoms with Crippen molar-refractivity contribution in [3.63, 3.8) is 0 Å². The quantitative estimate of drug-likeness (QED) is 0.270. The number of carbonyl (C=O) groups is 1. The molecule has 4 nitrogen and oxygen atoms in total. The van der Waals surface area contributed by atoms with E-state index >= 15 is 0 Å². The van der Waals surface area contributed by atoms with Crippen LogP contribution in [0.25, 0.3) is 21.5 Å². The normalized spacial score (nSPS) is 11.7. The van der Waals surface area contributed by atoms with E-state index in [1.54, 1.807) is 19.1 Å². The predicted molar refractivity (Wildman–Crippen MR) is 137 cm³/mol. The summed E-state index contributed by atoms with van der Waals surface area (Å²) in [7, 11) is 0. The van der Waals surface area contributed by atoms with Gasteiger partial charge in [0.05, 0.1) is 18.4 Å². The van der Waals surface area contributed by atoms with Gasteiger partial charge in [0, 0.05) is 16.0 Å². The van der Waals surface area contributed by atoms with Crippen molar-refractivity contribution in [1.29, 1.82) is 0 Å². The van der Waals surface area contributed by atoms with Crippen LogP contribution in [0.2, 0.25) is 0 Å². The van der Waals surface area contributed by atoms with Gasteiger partial charge in [-0.15, -0.1) is 11.3 Å². The van der Waals surface area contributed by atoms with Gasteiger partial charge < -0.3 is 14.9 Å². The number of fused-ring (bicyclic) bond motifs is 2. The zero-order valence-corrected chi connectivity index (χ0v) is 19.5. The van der Waals surface area contributed by atoms with Gasteiger partial charge in [0.2, 0.25) is 0 Å². The fraction of sp³-hybridized carbons (Fsp3) is 0.138. The lowest BCUT2D eigenvalue weighted by atomic mass is 9.67. The summed E-state index contributed by atoms with van der Waals surface area (Å²) in [5.74, 6) is -0.289. The Hall–Kier alpha value is -3.83. The van der Waals surface area contributed by atoms with E-state index in [1.807, 2.05) is 78.2 Å². The summed E-state index contributed by atoms with van der Waals surface area (Å²) in [6.45, 7) is 2.01. The molecule has 1 heterocycles. The second-order valence-corrected chi connectivity index (χ2v) is 9.17. The van der Waals surface area contributed by atoms with E-state index in [4.69, 9.17) is 4.74 Å². The lowest BCUT2D eigenvalue weighted by Crippen LogP contribution is -2.33. The molecule has 5 heteroatoms. The molecule has 0 saturated heterocycles. The van der Waals surface area contributed by atoms with E-state index in [0.29, 0.717) is 11.1 Å². The number of aromatic hydroxyl groups is 2. The van der Waals surface area contributed by atoms with Gasteiger partial charge in [0.15, 0.2) is 0 Å². The van der Waals surface area contributed by atoms with E-state index in [0.717, 1.165) is 26.4 Å². The third-order valence-electron chi connectivity index (χ3n) is 6.32. The van der Waals surface area contributed by atoms with Crippen LogP contribution in [0.5, 0.6) is 11.5 Å². The number of hydrogen-bond acceptors (Lipinski definition) is 5. The Morgan fingerprint density at radius 2 is 1.35 bits per heavy atom. The number of ether oxygens (including phenoxy) is 1. The van der Waals surface area contributed by atoms with Crippen LogP contribution in [0.3, 0.4) is 0 Å². The van der Waals surface area contributed by atoms with Crippen molar-refractivity contribution in [2.45, 2.75) is 18.8 Å². The van der Waals surface area contributed by atoms with Gasteiger partial charge in [-0.2, -0.15) is 0 Å². The highest BCUT2D eigenvalue weighted by Crippen LogP contribution is 2.54. The number of thiophene rings is 1. The van der Waals surface area contributed by atoms with Gasteiger partial charge in [-0.3, -0.25) is 4.79 Å². The third kappa shape index (κ3) is 3.49. The molecule has 0 aliphatic heterocycles. The predicted octanol–water partition coefficient (Wildman–Crippen LogP) is 6.75. The van der Waals surface area contributed by atoms with Gasteiger partial charge >= 0.3 is 5.97 Å². The van der Waals surface area contributed by atoms with Crippen LogP contribution < -0.4 is 0 Å². The second-order valence-electron chi connectivity index (χ2n) is 8.23. The van der Waals surface area contributed by atoms with Crippen LogP contribution in [0.1, 0.15) is 29.3 Å². The Morgan fingerprint density at radius 1 is 0.794 bits per heavy atom. The molecular formula is C29H24O4S. The molecule has 170 valence electrons. The number of esters is 1. The number of hydrogen-bond donors (Lipinski definition) is 2. The lowest BCUT2D eigenvalue weighted by Gasteiger charge is -2.36. The Morgan fingerprint density at radius 3 is 1.85 bits per heavy atom. The Kier molecular flexibility index (Phi) is 5.72. The maximum Gasteiger partial charge on any atom is 0.307 e. The van der Waals surface area contributed by atoms with E-state index in [2.05, 4.69) is 0 Å². The molecule has 0 aliphatic carbocycles. The minimum Gasteiger partial charge on any atom is -0.508 e. The summed E-state index contributed by atoms with van der Waals surface area (Å²) < 4.78 is 5.44. The molecule has 0 aliphatic rings. The van der Waals surface area contributed by atoms with E-state index in [9.17, 15) is 15.0 Å². The third-order valence-corrected chi connectivity index (χ3v) is 7.36. The molecule has 0 fully saturated rings. The van der Waals surface area contributed by atoms with E-state index in [1.165, 1.54) is 11.3 Å². The van der Waals surface area contributed by atoms with Crippen LogP contribution in [-0.2, 0) is 14.9 Å². The zero-order chi connectivity index (χ0) is 23.7. The first-order chi connectivity index (χ1) is 16.6. The average Bonchev–Trinajstić information content (AvgIpc) is 3.39. The minimum absolute atomic E-state index is 0.0590. The Bertz CT molecular complexity index is 1400. The van der Waals surface area contributed by atoms with Gasteiger partial charge in [-0.1, -0.05) is 66.7 Å². The number of rotatable bonds is 6. The highest BCUT2D eigenvalue weighted by Gasteiger charge is 2.45. The summed E-state index contributed by atoms with van der Waals surface area (Å²) >= 11 is 1.48. The number of phenols is 2. The zero-order valence-electron chi connectivity index (χ0n) is 18.7. The number of benzene rings is 4. The molecule has 0 saturated carbocycles. The molecule has 0 amide bonds. The summed E-state index contributed by atoms with van der Waals surface area (Å²) in [6, 6.07) is 26.5. The second kappa shape index (κ2) is 8.84. The van der Waals surface area contributed by atoms with Gasteiger partial charge in [0.1, 0.15) is 11.5 Å². The highest BCUT2D eigenvalue weighted by atomic mass is 32.1. The van der Waals surface area contributed by atoms with Crippen LogP contribution in [0.15, 0.2) is 90.3 Å². The topological polar surface area (TPSA) is 66.8 Å². The first-order valence-electron chi connectivity index (χ1n) is 11.2. The van der Waals surface area contributed by atoms with Crippen LogP contribution in [-0.4, -0.2) is 22.8 Å². The first kappa shape index (κ1) is 22.0. The van der Waals surface area contributed by atoms with Crippen molar-refractivity contribution in [3.8, 4) is 11.5 Å². The fourth-order valence-corrected chi connectivity index (χ4v) is 5.94. The molecule has 5 aromatic rings. The minimum atomic E-state index is -1.18. The molecule has 1 aromatic heterocycles. The Labute approximate surface area is 201 Å². The molecule has 34 heavy (non-hydrogen) atoms. The van der Waals surface area contributed by atoms with Crippen molar-refractivity contribution in [1.82, 2.24) is 0 Å². The maximum absolute atomic E-state index is 13.2. The molecule has 4 aromatic carbocycles. The van der Waals surface area contributed by atoms with Crippen LogP contribution >= 0.6 is 11.3 Å². The number of carbonyl (C=O) groups excluding carboxylic acids is 1. The van der Waals surface area contributed by atoms with Crippen molar-refractivity contribution < 1.29 is 19.7 Å². The summed E-state index contributed by atoms with van der Waals surface area (Å²) in [5, 5.41) is 28.2. The maximum atomic E-state index is 13.2. The molecule has 0 bridgehead atoms.